The molecule has 1 aliphatic heterocycles. The normalized spacial score (nSPS) is 29.7. The summed E-state index contributed by atoms with van der Waals surface area (Å²) in [5.41, 5.74) is 0.0237. The minimum Gasteiger partial charge on any atom is -0.247 e. The summed E-state index contributed by atoms with van der Waals surface area (Å²) in [6.45, 7) is 5.91. The molecule has 3 nitrogen and oxygen atoms in total. The number of hydrogen-bond acceptors (Lipinski definition) is 3. The van der Waals surface area contributed by atoms with E-state index in [4.69, 9.17) is 5.26 Å². The van der Waals surface area contributed by atoms with Crippen molar-refractivity contribution in [2.45, 2.75) is 32.9 Å². The summed E-state index contributed by atoms with van der Waals surface area (Å²) in [7, 11) is 0. The van der Waals surface area contributed by atoms with Gasteiger partial charge in [-0.2, -0.15) is 5.26 Å². The van der Waals surface area contributed by atoms with Crippen LogP contribution in [-0.2, 0) is 0 Å². The molecule has 2 unspecified atom stereocenters. The van der Waals surface area contributed by atoms with Crippen molar-refractivity contribution in [3.63, 3.8) is 0 Å². The van der Waals surface area contributed by atoms with Crippen molar-refractivity contribution in [3.8, 4) is 6.07 Å². The first-order valence-electron chi connectivity index (χ1n) is 4.17. The van der Waals surface area contributed by atoms with E-state index in [1.54, 1.807) is 6.21 Å². The van der Waals surface area contributed by atoms with Gasteiger partial charge in [-0.3, -0.25) is 0 Å². The molecule has 0 N–H and O–H groups in total. The van der Waals surface area contributed by atoms with E-state index in [1.807, 2.05) is 20.8 Å². The van der Waals surface area contributed by atoms with Gasteiger partial charge in [0.05, 0.1) is 5.71 Å². The van der Waals surface area contributed by atoms with Crippen molar-refractivity contribution in [2.24, 2.45) is 15.9 Å². The Morgan fingerprint density at radius 2 is 2.42 bits per heavy atom. The van der Waals surface area contributed by atoms with Crippen LogP contribution in [0.25, 0.3) is 0 Å². The predicted octanol–water partition coefficient (Wildman–Crippen LogP) is 1.80. The second kappa shape index (κ2) is 3.06. The first-order valence-corrected chi connectivity index (χ1v) is 4.17. The Labute approximate surface area is 72.8 Å². The maximum atomic E-state index is 8.96. The molecule has 12 heavy (non-hydrogen) atoms. The standard InChI is InChI=1S/C9H13N3/c1-4-7(2)9(6-10)11-5-8(3)12-9/h5,7H,4H2,1-3H3. The highest BCUT2D eigenvalue weighted by Gasteiger charge is 2.36. The minimum absolute atomic E-state index is 0.191. The first kappa shape index (κ1) is 8.92. The molecule has 0 saturated carbocycles. The fraction of sp³-hybridized carbons (Fsp3) is 0.667. The molecule has 0 aliphatic carbocycles. The van der Waals surface area contributed by atoms with Crippen molar-refractivity contribution in [1.82, 2.24) is 0 Å². The van der Waals surface area contributed by atoms with Gasteiger partial charge in [0, 0.05) is 12.1 Å². The van der Waals surface area contributed by atoms with Gasteiger partial charge in [-0.1, -0.05) is 13.8 Å². The quantitative estimate of drug-likeness (QED) is 0.612. The first-order chi connectivity index (χ1) is 5.64. The van der Waals surface area contributed by atoms with Crippen LogP contribution < -0.4 is 0 Å². The largest absolute Gasteiger partial charge is 0.247 e. The summed E-state index contributed by atoms with van der Waals surface area (Å²) >= 11 is 0. The molecule has 0 bridgehead atoms. The highest BCUT2D eigenvalue weighted by atomic mass is 15.1. The summed E-state index contributed by atoms with van der Waals surface area (Å²) in [4.78, 5) is 8.39. The van der Waals surface area contributed by atoms with E-state index in [-0.39, 0.29) is 5.92 Å². The minimum atomic E-state index is -0.821. The molecule has 64 valence electrons. The van der Waals surface area contributed by atoms with E-state index in [9.17, 15) is 0 Å². The molecule has 0 radical (unpaired) electrons. The second-order valence-electron chi connectivity index (χ2n) is 3.16. The van der Waals surface area contributed by atoms with Crippen LogP contribution in [0.2, 0.25) is 0 Å². The van der Waals surface area contributed by atoms with Crippen LogP contribution in [-0.4, -0.2) is 17.6 Å². The van der Waals surface area contributed by atoms with E-state index in [2.05, 4.69) is 16.1 Å². The third-order valence-electron chi connectivity index (χ3n) is 2.26. The number of rotatable bonds is 2. The second-order valence-corrected chi connectivity index (χ2v) is 3.16. The summed E-state index contributed by atoms with van der Waals surface area (Å²) in [5.74, 6) is 0.191. The van der Waals surface area contributed by atoms with Crippen LogP contribution >= 0.6 is 0 Å². The zero-order valence-corrected chi connectivity index (χ0v) is 7.70. The van der Waals surface area contributed by atoms with E-state index < -0.39 is 5.66 Å². The molecule has 0 amide bonds. The average molecular weight is 163 g/mol. The molecule has 0 aromatic heterocycles. The zero-order valence-electron chi connectivity index (χ0n) is 7.70. The lowest BCUT2D eigenvalue weighted by Crippen LogP contribution is -2.28. The average Bonchev–Trinajstić information content (AvgIpc) is 2.47. The van der Waals surface area contributed by atoms with Gasteiger partial charge in [-0.05, 0) is 13.3 Å². The van der Waals surface area contributed by atoms with Crippen molar-refractivity contribution in [1.29, 1.82) is 5.26 Å². The molecule has 0 spiro atoms. The van der Waals surface area contributed by atoms with Gasteiger partial charge in [0.2, 0.25) is 5.66 Å². The van der Waals surface area contributed by atoms with Gasteiger partial charge < -0.3 is 0 Å². The van der Waals surface area contributed by atoms with E-state index in [1.165, 1.54) is 0 Å². The summed E-state index contributed by atoms with van der Waals surface area (Å²) < 4.78 is 0. The van der Waals surface area contributed by atoms with Gasteiger partial charge in [-0.15, -0.1) is 0 Å². The third-order valence-corrected chi connectivity index (χ3v) is 2.26. The molecule has 1 rings (SSSR count). The Kier molecular flexibility index (Phi) is 2.27. The molecule has 2 atom stereocenters. The fourth-order valence-electron chi connectivity index (χ4n) is 1.20. The van der Waals surface area contributed by atoms with Gasteiger partial charge in [0.1, 0.15) is 6.07 Å². The summed E-state index contributed by atoms with van der Waals surface area (Å²) in [6, 6.07) is 2.17. The Morgan fingerprint density at radius 1 is 1.75 bits per heavy atom. The summed E-state index contributed by atoms with van der Waals surface area (Å²) in [5, 5.41) is 8.96. The molecular formula is C9H13N3. The van der Waals surface area contributed by atoms with Crippen molar-refractivity contribution in [3.05, 3.63) is 0 Å². The van der Waals surface area contributed by atoms with Gasteiger partial charge in [-0.25, -0.2) is 9.98 Å². The topological polar surface area (TPSA) is 48.5 Å². The third kappa shape index (κ3) is 1.25. The lowest BCUT2D eigenvalue weighted by Gasteiger charge is -2.20. The fourth-order valence-corrected chi connectivity index (χ4v) is 1.20. The van der Waals surface area contributed by atoms with E-state index in [0.29, 0.717) is 0 Å². The SMILES string of the molecule is CCC(C)C1(C#N)N=CC(C)=N1. The number of hydrogen-bond donors (Lipinski definition) is 0. The maximum Gasteiger partial charge on any atom is 0.239 e. The Hall–Kier alpha value is -1.17. The van der Waals surface area contributed by atoms with Crippen LogP contribution in [0.1, 0.15) is 27.2 Å². The van der Waals surface area contributed by atoms with Gasteiger partial charge in [0.25, 0.3) is 0 Å². The smallest absolute Gasteiger partial charge is 0.239 e. The highest BCUT2D eigenvalue weighted by Crippen LogP contribution is 2.28. The zero-order chi connectivity index (χ0) is 9.19. The molecule has 1 heterocycles. The highest BCUT2D eigenvalue weighted by molar-refractivity contribution is 6.31. The number of nitrogens with zero attached hydrogens (tertiary/aromatic N) is 3. The Balaban J connectivity index is 2.96. The molecule has 1 aliphatic rings. The van der Waals surface area contributed by atoms with Crippen molar-refractivity contribution < 1.29 is 0 Å². The van der Waals surface area contributed by atoms with Crippen LogP contribution in [0.3, 0.4) is 0 Å². The van der Waals surface area contributed by atoms with Crippen molar-refractivity contribution >= 4 is 11.9 Å². The molecule has 0 aromatic carbocycles. The Bertz CT molecular complexity index is 272. The molecule has 0 aromatic rings. The Morgan fingerprint density at radius 3 is 2.75 bits per heavy atom. The molecular weight excluding hydrogens is 150 g/mol. The van der Waals surface area contributed by atoms with E-state index >= 15 is 0 Å². The lowest BCUT2D eigenvalue weighted by molar-refractivity contribution is 0.380. The molecule has 3 heteroatoms. The van der Waals surface area contributed by atoms with Crippen LogP contribution in [0.15, 0.2) is 9.98 Å². The van der Waals surface area contributed by atoms with Crippen molar-refractivity contribution in [2.75, 3.05) is 0 Å². The number of nitriles is 1. The molecule has 0 saturated heterocycles. The maximum absolute atomic E-state index is 8.96. The molecule has 0 fully saturated rings. The lowest BCUT2D eigenvalue weighted by atomic mass is 9.94. The van der Waals surface area contributed by atoms with Crippen LogP contribution in [0, 0.1) is 17.2 Å². The predicted molar refractivity (Wildman–Crippen MR) is 49.4 cm³/mol. The van der Waals surface area contributed by atoms with Gasteiger partial charge in [0.15, 0.2) is 0 Å². The van der Waals surface area contributed by atoms with E-state index in [0.717, 1.165) is 12.1 Å². The summed E-state index contributed by atoms with van der Waals surface area (Å²) in [6.07, 6.45) is 2.59. The van der Waals surface area contributed by atoms with Crippen LogP contribution in [0.4, 0.5) is 0 Å². The van der Waals surface area contributed by atoms with Gasteiger partial charge >= 0.3 is 0 Å². The monoisotopic (exact) mass is 163 g/mol. The number of aliphatic imine (C=N–C) groups is 2. The van der Waals surface area contributed by atoms with Crippen LogP contribution in [0.5, 0.6) is 0 Å².